The highest BCUT2D eigenvalue weighted by Gasteiger charge is 2.18. The predicted molar refractivity (Wildman–Crippen MR) is 93.6 cm³/mol. The molecular weight excluding hydrogens is 346 g/mol. The molecule has 1 N–H and O–H groups in total. The number of carbonyl (C=O) groups excluding carboxylic acids is 1. The van der Waals surface area contributed by atoms with Crippen LogP contribution in [-0.2, 0) is 4.79 Å². The fourth-order valence-corrected chi connectivity index (χ4v) is 2.81. The number of anilines is 1. The van der Waals surface area contributed by atoms with Crippen LogP contribution in [-0.4, -0.2) is 10.5 Å². The summed E-state index contributed by atoms with van der Waals surface area (Å²) in [7, 11) is 0. The van der Waals surface area contributed by atoms with Gasteiger partial charge in [-0.2, -0.15) is 0 Å². The highest BCUT2D eigenvalue weighted by molar-refractivity contribution is 6.31. The molecule has 3 aromatic rings. The van der Waals surface area contributed by atoms with Crippen molar-refractivity contribution < 1.29 is 13.6 Å². The molecule has 2 aromatic carbocycles. The SMILES string of the molecule is O=C(C[C@H](c1cccc(F)c1)n1cccc1)Nc1ccc(F)c(Cl)c1. The minimum atomic E-state index is -0.551. The maximum atomic E-state index is 13.6. The maximum absolute atomic E-state index is 13.6. The Morgan fingerprint density at radius 3 is 2.52 bits per heavy atom. The average molecular weight is 361 g/mol. The van der Waals surface area contributed by atoms with Gasteiger partial charge in [0.05, 0.1) is 17.5 Å². The summed E-state index contributed by atoms with van der Waals surface area (Å²) in [4.78, 5) is 12.4. The van der Waals surface area contributed by atoms with Gasteiger partial charge in [-0.05, 0) is 48.0 Å². The maximum Gasteiger partial charge on any atom is 0.226 e. The number of amides is 1. The summed E-state index contributed by atoms with van der Waals surface area (Å²) in [5, 5.41) is 2.62. The number of hydrogen-bond acceptors (Lipinski definition) is 1. The minimum absolute atomic E-state index is 0.0649. The third-order valence-electron chi connectivity index (χ3n) is 3.80. The van der Waals surface area contributed by atoms with E-state index >= 15 is 0 Å². The molecule has 1 amide bonds. The topological polar surface area (TPSA) is 34.0 Å². The van der Waals surface area contributed by atoms with Crippen LogP contribution in [0.4, 0.5) is 14.5 Å². The molecule has 25 heavy (non-hydrogen) atoms. The predicted octanol–water partition coefficient (Wildman–Crippen LogP) is 5.04. The first-order chi connectivity index (χ1) is 12.0. The summed E-state index contributed by atoms with van der Waals surface area (Å²) in [5.41, 5.74) is 1.09. The Kier molecular flexibility index (Phi) is 5.14. The fourth-order valence-electron chi connectivity index (χ4n) is 2.63. The van der Waals surface area contributed by atoms with Crippen molar-refractivity contribution in [3.8, 4) is 0 Å². The van der Waals surface area contributed by atoms with Gasteiger partial charge in [0.25, 0.3) is 0 Å². The van der Waals surface area contributed by atoms with Crippen LogP contribution in [0.3, 0.4) is 0 Å². The molecule has 0 saturated carbocycles. The van der Waals surface area contributed by atoms with Crippen LogP contribution in [0.25, 0.3) is 0 Å². The first-order valence-electron chi connectivity index (χ1n) is 7.66. The number of benzene rings is 2. The number of hydrogen-bond donors (Lipinski definition) is 1. The molecule has 1 atom stereocenters. The second-order valence-corrected chi connectivity index (χ2v) is 5.99. The van der Waals surface area contributed by atoms with E-state index in [0.29, 0.717) is 11.3 Å². The summed E-state index contributed by atoms with van der Waals surface area (Å²) in [5.74, 6) is -1.20. The molecule has 0 aliphatic rings. The van der Waals surface area contributed by atoms with E-state index < -0.39 is 5.82 Å². The third-order valence-corrected chi connectivity index (χ3v) is 4.09. The van der Waals surface area contributed by atoms with Crippen molar-refractivity contribution >= 4 is 23.2 Å². The molecule has 0 aliphatic carbocycles. The third kappa shape index (κ3) is 4.25. The highest BCUT2D eigenvalue weighted by atomic mass is 35.5. The summed E-state index contributed by atoms with van der Waals surface area (Å²) in [6.45, 7) is 0. The van der Waals surface area contributed by atoms with Crippen LogP contribution >= 0.6 is 11.6 Å². The zero-order valence-electron chi connectivity index (χ0n) is 13.1. The molecular formula is C19H15ClF2N2O. The average Bonchev–Trinajstić information content (AvgIpc) is 3.10. The molecule has 0 unspecified atom stereocenters. The Hall–Kier alpha value is -2.66. The molecule has 0 fully saturated rings. The monoisotopic (exact) mass is 360 g/mol. The van der Waals surface area contributed by atoms with E-state index in [2.05, 4.69) is 5.32 Å². The molecule has 3 nitrogen and oxygen atoms in total. The van der Waals surface area contributed by atoms with Gasteiger partial charge in [0.1, 0.15) is 11.6 Å². The molecule has 0 radical (unpaired) electrons. The van der Waals surface area contributed by atoms with Crippen LogP contribution in [0, 0.1) is 11.6 Å². The molecule has 0 spiro atoms. The van der Waals surface area contributed by atoms with E-state index in [1.54, 1.807) is 12.1 Å². The Labute approximate surface area is 148 Å². The largest absolute Gasteiger partial charge is 0.346 e. The van der Waals surface area contributed by atoms with Crippen molar-refractivity contribution in [2.24, 2.45) is 0 Å². The number of rotatable bonds is 5. The van der Waals surface area contributed by atoms with Gasteiger partial charge in [0.2, 0.25) is 5.91 Å². The van der Waals surface area contributed by atoms with E-state index in [1.807, 2.05) is 29.1 Å². The fraction of sp³-hybridized carbons (Fsp3) is 0.105. The van der Waals surface area contributed by atoms with Crippen LogP contribution in [0.15, 0.2) is 67.0 Å². The van der Waals surface area contributed by atoms with Crippen molar-refractivity contribution in [2.75, 3.05) is 5.32 Å². The van der Waals surface area contributed by atoms with Crippen LogP contribution in [0.1, 0.15) is 18.0 Å². The number of aromatic nitrogens is 1. The van der Waals surface area contributed by atoms with Crippen LogP contribution < -0.4 is 5.32 Å². The quantitative estimate of drug-likeness (QED) is 0.679. The lowest BCUT2D eigenvalue weighted by Crippen LogP contribution is -2.19. The van der Waals surface area contributed by atoms with Gasteiger partial charge < -0.3 is 9.88 Å². The molecule has 1 aromatic heterocycles. The van der Waals surface area contributed by atoms with Crippen LogP contribution in [0.2, 0.25) is 5.02 Å². The minimum Gasteiger partial charge on any atom is -0.346 e. The van der Waals surface area contributed by atoms with Gasteiger partial charge in [-0.1, -0.05) is 23.7 Å². The second kappa shape index (κ2) is 7.49. The number of nitrogens with zero attached hydrogens (tertiary/aromatic N) is 1. The van der Waals surface area contributed by atoms with E-state index in [4.69, 9.17) is 11.6 Å². The lowest BCUT2D eigenvalue weighted by atomic mass is 10.0. The van der Waals surface area contributed by atoms with Crippen molar-refractivity contribution in [1.29, 1.82) is 0 Å². The Balaban J connectivity index is 1.80. The standard InChI is InChI=1S/C19H15ClF2N2O/c20-16-11-15(6-7-17(16)22)23-19(25)12-18(24-8-1-2-9-24)13-4-3-5-14(21)10-13/h1-11,18H,12H2,(H,23,25)/t18-/m1/s1. The molecule has 1 heterocycles. The Bertz CT molecular complexity index is 881. The van der Waals surface area contributed by atoms with E-state index in [-0.39, 0.29) is 29.2 Å². The summed E-state index contributed by atoms with van der Waals surface area (Å²) in [6, 6.07) is 13.4. The lowest BCUT2D eigenvalue weighted by molar-refractivity contribution is -0.116. The zero-order chi connectivity index (χ0) is 17.8. The second-order valence-electron chi connectivity index (χ2n) is 5.58. The first kappa shape index (κ1) is 17.2. The molecule has 0 aliphatic heterocycles. The van der Waals surface area contributed by atoms with Gasteiger partial charge in [-0.25, -0.2) is 8.78 Å². The Morgan fingerprint density at radius 1 is 1.08 bits per heavy atom. The van der Waals surface area contributed by atoms with E-state index in [1.165, 1.54) is 30.3 Å². The molecule has 0 bridgehead atoms. The van der Waals surface area contributed by atoms with Crippen molar-refractivity contribution in [1.82, 2.24) is 4.57 Å². The molecule has 128 valence electrons. The highest BCUT2D eigenvalue weighted by Crippen LogP contribution is 2.25. The van der Waals surface area contributed by atoms with E-state index in [0.717, 1.165) is 0 Å². The van der Waals surface area contributed by atoms with Crippen molar-refractivity contribution in [3.63, 3.8) is 0 Å². The lowest BCUT2D eigenvalue weighted by Gasteiger charge is -2.19. The zero-order valence-corrected chi connectivity index (χ0v) is 13.9. The first-order valence-corrected chi connectivity index (χ1v) is 8.03. The van der Waals surface area contributed by atoms with Gasteiger partial charge in [0, 0.05) is 18.1 Å². The molecule has 0 saturated heterocycles. The van der Waals surface area contributed by atoms with Crippen LogP contribution in [0.5, 0.6) is 0 Å². The summed E-state index contributed by atoms with van der Waals surface area (Å²) < 4.78 is 28.6. The van der Waals surface area contributed by atoms with Gasteiger partial charge >= 0.3 is 0 Å². The number of nitrogens with one attached hydrogen (secondary N) is 1. The number of carbonyl (C=O) groups is 1. The number of halogens is 3. The summed E-state index contributed by atoms with van der Waals surface area (Å²) >= 11 is 5.73. The Morgan fingerprint density at radius 2 is 1.84 bits per heavy atom. The molecule has 6 heteroatoms. The van der Waals surface area contributed by atoms with Crippen molar-refractivity contribution in [3.05, 3.63) is 89.2 Å². The smallest absolute Gasteiger partial charge is 0.226 e. The molecule has 3 rings (SSSR count). The van der Waals surface area contributed by atoms with Gasteiger partial charge in [-0.15, -0.1) is 0 Å². The van der Waals surface area contributed by atoms with Gasteiger partial charge in [-0.3, -0.25) is 4.79 Å². The normalized spacial score (nSPS) is 12.0. The van der Waals surface area contributed by atoms with Gasteiger partial charge in [0.15, 0.2) is 0 Å². The van der Waals surface area contributed by atoms with Crippen molar-refractivity contribution in [2.45, 2.75) is 12.5 Å². The summed E-state index contributed by atoms with van der Waals surface area (Å²) in [6.07, 6.45) is 3.72. The van der Waals surface area contributed by atoms with E-state index in [9.17, 15) is 13.6 Å².